The Morgan fingerprint density at radius 2 is 2.10 bits per heavy atom. The summed E-state index contributed by atoms with van der Waals surface area (Å²) in [6.07, 6.45) is 1.15. The number of amides is 1. The van der Waals surface area contributed by atoms with Gasteiger partial charge in [0.15, 0.2) is 0 Å². The molecule has 0 radical (unpaired) electrons. The molecule has 2 atom stereocenters. The van der Waals surface area contributed by atoms with Crippen molar-refractivity contribution >= 4 is 11.9 Å². The SMILES string of the molecule is COC(=O)[C@]1(N)CCCN(Cc2ccccc2)C(=O)[C@H]1C. The first kappa shape index (κ1) is 15.5. The number of carbonyl (C=O) groups excluding carboxylic acids is 2. The molecule has 2 rings (SSSR count). The summed E-state index contributed by atoms with van der Waals surface area (Å²) in [7, 11) is 1.31. The van der Waals surface area contributed by atoms with E-state index in [2.05, 4.69) is 0 Å². The number of nitrogens with zero attached hydrogens (tertiary/aromatic N) is 1. The van der Waals surface area contributed by atoms with Crippen LogP contribution in [0.2, 0.25) is 0 Å². The predicted octanol–water partition coefficient (Wildman–Crippen LogP) is 1.32. The van der Waals surface area contributed by atoms with Crippen molar-refractivity contribution in [3.8, 4) is 0 Å². The molecule has 0 bridgehead atoms. The molecule has 1 aromatic carbocycles. The summed E-state index contributed by atoms with van der Waals surface area (Å²) < 4.78 is 4.79. The highest BCUT2D eigenvalue weighted by atomic mass is 16.5. The molecule has 114 valence electrons. The Hall–Kier alpha value is -1.88. The number of hydrogen-bond acceptors (Lipinski definition) is 4. The molecule has 1 aromatic rings. The Balaban J connectivity index is 2.18. The molecule has 1 fully saturated rings. The minimum atomic E-state index is -1.22. The van der Waals surface area contributed by atoms with Crippen LogP contribution in [0, 0.1) is 5.92 Å². The van der Waals surface area contributed by atoms with Crippen LogP contribution in [-0.4, -0.2) is 36.0 Å². The first-order chi connectivity index (χ1) is 9.99. The Labute approximate surface area is 125 Å². The number of nitrogens with two attached hydrogens (primary N) is 1. The van der Waals surface area contributed by atoms with Crippen LogP contribution in [0.25, 0.3) is 0 Å². The molecule has 0 unspecified atom stereocenters. The van der Waals surface area contributed by atoms with E-state index in [1.807, 2.05) is 30.3 Å². The highest BCUT2D eigenvalue weighted by molar-refractivity contribution is 5.91. The van der Waals surface area contributed by atoms with E-state index in [1.165, 1.54) is 7.11 Å². The number of hydrogen-bond donors (Lipinski definition) is 1. The van der Waals surface area contributed by atoms with Crippen molar-refractivity contribution in [2.75, 3.05) is 13.7 Å². The van der Waals surface area contributed by atoms with Crippen molar-refractivity contribution in [3.05, 3.63) is 35.9 Å². The number of esters is 1. The van der Waals surface area contributed by atoms with Gasteiger partial charge in [-0.25, -0.2) is 0 Å². The van der Waals surface area contributed by atoms with Gasteiger partial charge >= 0.3 is 5.97 Å². The fourth-order valence-electron chi connectivity index (χ4n) is 2.81. The van der Waals surface area contributed by atoms with Gasteiger partial charge in [0.1, 0.15) is 5.54 Å². The maximum absolute atomic E-state index is 12.6. The number of ether oxygens (including phenoxy) is 1. The molecule has 0 spiro atoms. The van der Waals surface area contributed by atoms with Gasteiger partial charge in [0.05, 0.1) is 13.0 Å². The zero-order chi connectivity index (χ0) is 15.5. The van der Waals surface area contributed by atoms with Crippen molar-refractivity contribution in [2.24, 2.45) is 11.7 Å². The van der Waals surface area contributed by atoms with Crippen LogP contribution >= 0.6 is 0 Å². The van der Waals surface area contributed by atoms with Gasteiger partial charge in [0.2, 0.25) is 5.91 Å². The molecule has 1 aliphatic rings. The Kier molecular flexibility index (Phi) is 4.63. The predicted molar refractivity (Wildman–Crippen MR) is 79.2 cm³/mol. The normalized spacial score (nSPS) is 26.3. The van der Waals surface area contributed by atoms with Gasteiger partial charge in [0, 0.05) is 13.1 Å². The van der Waals surface area contributed by atoms with Crippen LogP contribution in [0.15, 0.2) is 30.3 Å². The van der Waals surface area contributed by atoms with Crippen LogP contribution in [0.1, 0.15) is 25.3 Å². The lowest BCUT2D eigenvalue weighted by Gasteiger charge is -2.31. The standard InChI is InChI=1S/C16H22N2O3/c1-12-14(19)18(11-13-7-4-3-5-8-13)10-6-9-16(12,17)15(20)21-2/h3-5,7-8,12H,6,9-11,17H2,1-2H3/t12-,16+/m1/s1. The molecule has 21 heavy (non-hydrogen) atoms. The molecule has 1 heterocycles. The fourth-order valence-corrected chi connectivity index (χ4v) is 2.81. The average molecular weight is 290 g/mol. The van der Waals surface area contributed by atoms with E-state index in [4.69, 9.17) is 10.5 Å². The lowest BCUT2D eigenvalue weighted by atomic mass is 9.82. The first-order valence-corrected chi connectivity index (χ1v) is 7.19. The highest BCUT2D eigenvalue weighted by Crippen LogP contribution is 2.28. The van der Waals surface area contributed by atoms with Gasteiger partial charge in [-0.05, 0) is 18.4 Å². The lowest BCUT2D eigenvalue weighted by molar-refractivity contribution is -0.153. The molecule has 5 heteroatoms. The summed E-state index contributed by atoms with van der Waals surface area (Å²) in [6.45, 7) is 2.86. The summed E-state index contributed by atoms with van der Waals surface area (Å²) in [6, 6.07) is 9.81. The van der Waals surface area contributed by atoms with Crippen LogP contribution in [0.4, 0.5) is 0 Å². The van der Waals surface area contributed by atoms with Gasteiger partial charge in [-0.1, -0.05) is 37.3 Å². The minimum Gasteiger partial charge on any atom is -0.468 e. The summed E-state index contributed by atoms with van der Waals surface area (Å²) >= 11 is 0. The average Bonchev–Trinajstić information content (AvgIpc) is 2.61. The first-order valence-electron chi connectivity index (χ1n) is 7.19. The third-order valence-corrected chi connectivity index (χ3v) is 4.25. The smallest absolute Gasteiger partial charge is 0.326 e. The largest absolute Gasteiger partial charge is 0.468 e. The number of likely N-dealkylation sites (tertiary alicyclic amines) is 1. The molecule has 0 saturated carbocycles. The Morgan fingerprint density at radius 1 is 1.43 bits per heavy atom. The molecule has 2 N–H and O–H groups in total. The van der Waals surface area contributed by atoms with E-state index < -0.39 is 17.4 Å². The second-order valence-corrected chi connectivity index (χ2v) is 5.60. The van der Waals surface area contributed by atoms with Crippen LogP contribution in [-0.2, 0) is 20.9 Å². The van der Waals surface area contributed by atoms with Gasteiger partial charge < -0.3 is 15.4 Å². The molecule has 5 nitrogen and oxygen atoms in total. The minimum absolute atomic E-state index is 0.0933. The second kappa shape index (κ2) is 6.26. The van der Waals surface area contributed by atoms with Gasteiger partial charge in [0.25, 0.3) is 0 Å². The van der Waals surface area contributed by atoms with Crippen molar-refractivity contribution in [2.45, 2.75) is 31.8 Å². The number of rotatable bonds is 3. The zero-order valence-electron chi connectivity index (χ0n) is 12.5. The summed E-state index contributed by atoms with van der Waals surface area (Å²) in [5.41, 5.74) is 6.03. The van der Waals surface area contributed by atoms with E-state index >= 15 is 0 Å². The van der Waals surface area contributed by atoms with Gasteiger partial charge in [-0.3, -0.25) is 9.59 Å². The quantitative estimate of drug-likeness (QED) is 0.852. The third kappa shape index (κ3) is 3.08. The van der Waals surface area contributed by atoms with Crippen LogP contribution < -0.4 is 5.73 Å². The monoisotopic (exact) mass is 290 g/mol. The zero-order valence-corrected chi connectivity index (χ0v) is 12.5. The maximum Gasteiger partial charge on any atom is 0.326 e. The van der Waals surface area contributed by atoms with Crippen molar-refractivity contribution in [1.82, 2.24) is 4.90 Å². The van der Waals surface area contributed by atoms with E-state index in [0.717, 1.165) is 5.56 Å². The number of methoxy groups -OCH3 is 1. The Bertz CT molecular complexity index is 518. The maximum atomic E-state index is 12.6. The van der Waals surface area contributed by atoms with Crippen molar-refractivity contribution in [3.63, 3.8) is 0 Å². The molecular formula is C16H22N2O3. The molecule has 1 amide bonds. The lowest BCUT2D eigenvalue weighted by Crippen LogP contribution is -2.56. The molecule has 0 aromatic heterocycles. The van der Waals surface area contributed by atoms with E-state index in [9.17, 15) is 9.59 Å². The number of carbonyl (C=O) groups is 2. The molecule has 0 aliphatic carbocycles. The van der Waals surface area contributed by atoms with Crippen molar-refractivity contribution in [1.29, 1.82) is 0 Å². The summed E-state index contributed by atoms with van der Waals surface area (Å²) in [4.78, 5) is 26.3. The third-order valence-electron chi connectivity index (χ3n) is 4.25. The molecule has 1 aliphatic heterocycles. The van der Waals surface area contributed by atoms with E-state index in [-0.39, 0.29) is 5.91 Å². The van der Waals surface area contributed by atoms with Crippen molar-refractivity contribution < 1.29 is 14.3 Å². The van der Waals surface area contributed by atoms with E-state index in [1.54, 1.807) is 11.8 Å². The van der Waals surface area contributed by atoms with Crippen LogP contribution in [0.3, 0.4) is 0 Å². The highest BCUT2D eigenvalue weighted by Gasteiger charge is 2.47. The topological polar surface area (TPSA) is 72.6 Å². The van der Waals surface area contributed by atoms with E-state index in [0.29, 0.717) is 25.9 Å². The second-order valence-electron chi connectivity index (χ2n) is 5.60. The van der Waals surface area contributed by atoms with Crippen LogP contribution in [0.5, 0.6) is 0 Å². The summed E-state index contributed by atoms with van der Waals surface area (Å²) in [5.74, 6) is -1.19. The number of benzene rings is 1. The molecule has 1 saturated heterocycles. The Morgan fingerprint density at radius 3 is 2.71 bits per heavy atom. The summed E-state index contributed by atoms with van der Waals surface area (Å²) in [5, 5.41) is 0. The van der Waals surface area contributed by atoms with Gasteiger partial charge in [-0.15, -0.1) is 0 Å². The van der Waals surface area contributed by atoms with Gasteiger partial charge in [-0.2, -0.15) is 0 Å². The fraction of sp³-hybridized carbons (Fsp3) is 0.500. The molecular weight excluding hydrogens is 268 g/mol.